The van der Waals surface area contributed by atoms with Crippen molar-refractivity contribution in [3.63, 3.8) is 0 Å². The molecule has 4 nitrogen and oxygen atoms in total. The quantitative estimate of drug-likeness (QED) is 0.943. The molecular weight excluding hydrogens is 286 g/mol. The van der Waals surface area contributed by atoms with Crippen LogP contribution >= 0.6 is 12.4 Å². The van der Waals surface area contributed by atoms with Gasteiger partial charge in [0.15, 0.2) is 0 Å². The largest absolute Gasteiger partial charge is 0.444 e. The summed E-state index contributed by atoms with van der Waals surface area (Å²) < 4.78 is 5.59. The number of oxazole rings is 1. The van der Waals surface area contributed by atoms with Crippen LogP contribution in [0, 0.1) is 0 Å². The Hall–Kier alpha value is -1.36. The first-order valence-electron chi connectivity index (χ1n) is 7.24. The Bertz CT molecular complexity index is 543. The highest BCUT2D eigenvalue weighted by Crippen LogP contribution is 2.19. The number of hydrogen-bond donors (Lipinski definition) is 1. The zero-order chi connectivity index (χ0) is 13.8. The Morgan fingerprint density at radius 1 is 1.33 bits per heavy atom. The van der Waals surface area contributed by atoms with Crippen LogP contribution in [0.25, 0.3) is 11.5 Å². The SMILES string of the molecule is CNC1CCCN(Cc2coc(-c3ccccc3)n2)C1.Cl. The van der Waals surface area contributed by atoms with Crippen LogP contribution in [0.3, 0.4) is 0 Å². The molecule has 1 atom stereocenters. The maximum Gasteiger partial charge on any atom is 0.226 e. The fourth-order valence-electron chi connectivity index (χ4n) is 2.76. The van der Waals surface area contributed by atoms with Crippen molar-refractivity contribution in [2.75, 3.05) is 20.1 Å². The van der Waals surface area contributed by atoms with Crippen molar-refractivity contribution in [2.24, 2.45) is 0 Å². The topological polar surface area (TPSA) is 41.3 Å². The van der Waals surface area contributed by atoms with Gasteiger partial charge in [-0.05, 0) is 38.6 Å². The Balaban J connectivity index is 0.00000161. The molecule has 3 rings (SSSR count). The maximum absolute atomic E-state index is 5.59. The van der Waals surface area contributed by atoms with Gasteiger partial charge in [-0.15, -0.1) is 12.4 Å². The highest BCUT2D eigenvalue weighted by atomic mass is 35.5. The molecule has 0 radical (unpaired) electrons. The molecule has 1 saturated heterocycles. The Kier molecular flexibility index (Phi) is 5.79. The smallest absolute Gasteiger partial charge is 0.226 e. The summed E-state index contributed by atoms with van der Waals surface area (Å²) in [5.74, 6) is 0.711. The number of nitrogens with one attached hydrogen (secondary N) is 1. The lowest BCUT2D eigenvalue weighted by Crippen LogP contribution is -2.43. The molecule has 1 fully saturated rings. The zero-order valence-electron chi connectivity index (χ0n) is 12.3. The van der Waals surface area contributed by atoms with E-state index in [2.05, 4.69) is 15.2 Å². The molecule has 0 aliphatic carbocycles. The van der Waals surface area contributed by atoms with Gasteiger partial charge < -0.3 is 9.73 Å². The molecule has 0 saturated carbocycles. The summed E-state index contributed by atoms with van der Waals surface area (Å²) in [5, 5.41) is 3.37. The van der Waals surface area contributed by atoms with Gasteiger partial charge in [0.1, 0.15) is 6.26 Å². The van der Waals surface area contributed by atoms with Gasteiger partial charge >= 0.3 is 0 Å². The molecular formula is C16H22ClN3O. The summed E-state index contributed by atoms with van der Waals surface area (Å²) in [5.41, 5.74) is 2.05. The molecule has 1 aromatic heterocycles. The highest BCUT2D eigenvalue weighted by molar-refractivity contribution is 5.85. The molecule has 0 spiro atoms. The fraction of sp³-hybridized carbons (Fsp3) is 0.438. The minimum atomic E-state index is 0. The lowest BCUT2D eigenvalue weighted by molar-refractivity contribution is 0.186. The van der Waals surface area contributed by atoms with Gasteiger partial charge in [-0.25, -0.2) is 4.98 Å². The number of benzene rings is 1. The Labute approximate surface area is 132 Å². The summed E-state index contributed by atoms with van der Waals surface area (Å²) in [6.45, 7) is 3.10. The predicted molar refractivity (Wildman–Crippen MR) is 86.5 cm³/mol. The van der Waals surface area contributed by atoms with Crippen molar-refractivity contribution in [3.05, 3.63) is 42.3 Å². The average Bonchev–Trinajstić information content (AvgIpc) is 2.97. The van der Waals surface area contributed by atoms with Gasteiger partial charge in [0.05, 0.1) is 5.69 Å². The van der Waals surface area contributed by atoms with Gasteiger partial charge in [0.2, 0.25) is 5.89 Å². The molecule has 1 aliphatic rings. The van der Waals surface area contributed by atoms with Crippen molar-refractivity contribution in [1.82, 2.24) is 15.2 Å². The van der Waals surface area contributed by atoms with E-state index in [1.54, 1.807) is 6.26 Å². The second-order valence-electron chi connectivity index (χ2n) is 5.37. The lowest BCUT2D eigenvalue weighted by atomic mass is 10.1. The van der Waals surface area contributed by atoms with Crippen LogP contribution in [-0.2, 0) is 6.54 Å². The molecule has 0 bridgehead atoms. The third-order valence-electron chi connectivity index (χ3n) is 3.87. The van der Waals surface area contributed by atoms with Crippen LogP contribution in [0.5, 0.6) is 0 Å². The molecule has 1 unspecified atom stereocenters. The second kappa shape index (κ2) is 7.59. The number of likely N-dealkylation sites (N-methyl/N-ethyl adjacent to an activating group) is 1. The Morgan fingerprint density at radius 3 is 2.90 bits per heavy atom. The summed E-state index contributed by atoms with van der Waals surface area (Å²) in [6, 6.07) is 10.6. The van der Waals surface area contributed by atoms with E-state index in [0.29, 0.717) is 11.9 Å². The zero-order valence-corrected chi connectivity index (χ0v) is 13.1. The minimum Gasteiger partial charge on any atom is -0.444 e. The van der Waals surface area contributed by atoms with Crippen LogP contribution in [0.2, 0.25) is 0 Å². The fourth-order valence-corrected chi connectivity index (χ4v) is 2.76. The van der Waals surface area contributed by atoms with E-state index < -0.39 is 0 Å². The van der Waals surface area contributed by atoms with Crippen LogP contribution in [0.4, 0.5) is 0 Å². The predicted octanol–water partition coefficient (Wildman–Crippen LogP) is 2.95. The number of rotatable bonds is 4. The van der Waals surface area contributed by atoms with Crippen molar-refractivity contribution in [2.45, 2.75) is 25.4 Å². The first kappa shape index (κ1) is 16.0. The van der Waals surface area contributed by atoms with E-state index in [1.165, 1.54) is 12.8 Å². The monoisotopic (exact) mass is 307 g/mol. The first-order chi connectivity index (χ1) is 9.85. The highest BCUT2D eigenvalue weighted by Gasteiger charge is 2.19. The van der Waals surface area contributed by atoms with Crippen LogP contribution in [0.1, 0.15) is 18.5 Å². The molecule has 2 heterocycles. The van der Waals surface area contributed by atoms with E-state index in [4.69, 9.17) is 4.42 Å². The summed E-state index contributed by atoms with van der Waals surface area (Å²) >= 11 is 0. The third kappa shape index (κ3) is 4.06. The third-order valence-corrected chi connectivity index (χ3v) is 3.87. The number of piperidine rings is 1. The normalized spacial score (nSPS) is 19.2. The molecule has 1 aromatic carbocycles. The standard InChI is InChI=1S/C16H21N3O.ClH/c1-17-14-8-5-9-19(10-14)11-15-12-20-16(18-15)13-6-3-2-4-7-13;/h2-4,6-7,12,14,17H,5,8-11H2,1H3;1H. The first-order valence-corrected chi connectivity index (χ1v) is 7.24. The van der Waals surface area contributed by atoms with Gasteiger partial charge in [-0.2, -0.15) is 0 Å². The number of hydrogen-bond acceptors (Lipinski definition) is 4. The molecule has 21 heavy (non-hydrogen) atoms. The molecule has 2 aromatic rings. The number of halogens is 1. The van der Waals surface area contributed by atoms with Crippen molar-refractivity contribution in [1.29, 1.82) is 0 Å². The number of likely N-dealkylation sites (tertiary alicyclic amines) is 1. The van der Waals surface area contributed by atoms with E-state index >= 15 is 0 Å². The molecule has 0 amide bonds. The summed E-state index contributed by atoms with van der Waals surface area (Å²) in [4.78, 5) is 7.04. The van der Waals surface area contributed by atoms with Gasteiger partial charge in [-0.1, -0.05) is 18.2 Å². The van der Waals surface area contributed by atoms with Crippen LogP contribution in [0.15, 0.2) is 41.0 Å². The molecule has 5 heteroatoms. The van der Waals surface area contributed by atoms with E-state index in [1.807, 2.05) is 37.4 Å². The Morgan fingerprint density at radius 2 is 2.14 bits per heavy atom. The van der Waals surface area contributed by atoms with Gasteiger partial charge in [-0.3, -0.25) is 4.90 Å². The second-order valence-corrected chi connectivity index (χ2v) is 5.37. The minimum absolute atomic E-state index is 0. The molecule has 114 valence electrons. The molecule has 1 N–H and O–H groups in total. The summed E-state index contributed by atoms with van der Waals surface area (Å²) in [7, 11) is 2.04. The lowest BCUT2D eigenvalue weighted by Gasteiger charge is -2.31. The van der Waals surface area contributed by atoms with Gasteiger partial charge in [0.25, 0.3) is 0 Å². The van der Waals surface area contributed by atoms with Crippen molar-refractivity contribution < 1.29 is 4.42 Å². The van der Waals surface area contributed by atoms with E-state index in [9.17, 15) is 0 Å². The number of nitrogens with zero attached hydrogens (tertiary/aromatic N) is 2. The van der Waals surface area contributed by atoms with Crippen molar-refractivity contribution >= 4 is 12.4 Å². The van der Waals surface area contributed by atoms with Crippen LogP contribution in [-0.4, -0.2) is 36.1 Å². The number of aromatic nitrogens is 1. The molecule has 1 aliphatic heterocycles. The van der Waals surface area contributed by atoms with E-state index in [-0.39, 0.29) is 12.4 Å². The average molecular weight is 308 g/mol. The maximum atomic E-state index is 5.59. The van der Waals surface area contributed by atoms with E-state index in [0.717, 1.165) is 30.9 Å². The summed E-state index contributed by atoms with van der Waals surface area (Å²) in [6.07, 6.45) is 4.29. The van der Waals surface area contributed by atoms with Crippen molar-refractivity contribution in [3.8, 4) is 11.5 Å². The van der Waals surface area contributed by atoms with Gasteiger partial charge in [0, 0.05) is 24.7 Å². The van der Waals surface area contributed by atoms with Crippen LogP contribution < -0.4 is 5.32 Å².